The molecular weight excluding hydrogens is 466 g/mol. The maximum absolute atomic E-state index is 12.9. The first kappa shape index (κ1) is 23.7. The van der Waals surface area contributed by atoms with Crippen LogP contribution >= 0.6 is 23.4 Å². The Morgan fingerprint density at radius 1 is 0.882 bits per heavy atom. The number of hydrogen-bond donors (Lipinski definition) is 1. The zero-order valence-electron chi connectivity index (χ0n) is 18.7. The highest BCUT2D eigenvalue weighted by Gasteiger charge is 2.12. The van der Waals surface area contributed by atoms with Gasteiger partial charge in [0.15, 0.2) is 0 Å². The summed E-state index contributed by atoms with van der Waals surface area (Å²) in [5, 5.41) is 3.66. The molecule has 0 heterocycles. The predicted molar refractivity (Wildman–Crippen MR) is 140 cm³/mol. The Morgan fingerprint density at radius 2 is 1.59 bits per heavy atom. The maximum atomic E-state index is 12.9. The standard InChI is InChI=1S/C28H24ClNO3S/c1-2-32-27-17-8-20(18-21(27)19-34-26-15-9-22(29)10-16-26)28(31)30-23-11-13-25(14-12-23)33-24-6-4-3-5-7-24/h3-18H,2,19H2,1H3,(H,30,31). The van der Waals surface area contributed by atoms with Crippen molar-refractivity contribution in [2.45, 2.75) is 17.6 Å². The molecule has 0 bridgehead atoms. The molecule has 0 atom stereocenters. The van der Waals surface area contributed by atoms with Gasteiger partial charge in [0, 0.05) is 32.5 Å². The summed E-state index contributed by atoms with van der Waals surface area (Å²) < 4.78 is 11.6. The summed E-state index contributed by atoms with van der Waals surface area (Å²) >= 11 is 7.65. The van der Waals surface area contributed by atoms with Crippen molar-refractivity contribution in [3.05, 3.63) is 113 Å². The van der Waals surface area contributed by atoms with Crippen molar-refractivity contribution >= 4 is 35.0 Å². The van der Waals surface area contributed by atoms with Crippen LogP contribution in [0.2, 0.25) is 5.02 Å². The van der Waals surface area contributed by atoms with E-state index in [0.717, 1.165) is 22.0 Å². The van der Waals surface area contributed by atoms with Crippen LogP contribution in [0.4, 0.5) is 5.69 Å². The summed E-state index contributed by atoms with van der Waals surface area (Å²) in [4.78, 5) is 14.0. The molecular formula is C28H24ClNO3S. The SMILES string of the molecule is CCOc1ccc(C(=O)Nc2ccc(Oc3ccccc3)cc2)cc1CSc1ccc(Cl)cc1. The van der Waals surface area contributed by atoms with Gasteiger partial charge in [-0.25, -0.2) is 0 Å². The Bertz CT molecular complexity index is 1230. The molecule has 172 valence electrons. The van der Waals surface area contributed by atoms with Gasteiger partial charge < -0.3 is 14.8 Å². The molecule has 0 aromatic heterocycles. The van der Waals surface area contributed by atoms with Crippen molar-refractivity contribution < 1.29 is 14.3 Å². The summed E-state index contributed by atoms with van der Waals surface area (Å²) in [6.45, 7) is 2.50. The van der Waals surface area contributed by atoms with E-state index in [1.165, 1.54) is 0 Å². The van der Waals surface area contributed by atoms with Gasteiger partial charge in [-0.2, -0.15) is 0 Å². The van der Waals surface area contributed by atoms with Gasteiger partial charge in [0.2, 0.25) is 0 Å². The lowest BCUT2D eigenvalue weighted by Crippen LogP contribution is -2.12. The van der Waals surface area contributed by atoms with E-state index in [1.54, 1.807) is 17.8 Å². The summed E-state index contributed by atoms with van der Waals surface area (Å²) in [7, 11) is 0. The van der Waals surface area contributed by atoms with Crippen molar-refractivity contribution in [2.75, 3.05) is 11.9 Å². The molecule has 0 unspecified atom stereocenters. The number of ether oxygens (including phenoxy) is 2. The van der Waals surface area contributed by atoms with Crippen molar-refractivity contribution in [2.24, 2.45) is 0 Å². The highest BCUT2D eigenvalue weighted by Crippen LogP contribution is 2.30. The largest absolute Gasteiger partial charge is 0.494 e. The van der Waals surface area contributed by atoms with E-state index in [1.807, 2.05) is 97.9 Å². The van der Waals surface area contributed by atoms with Crippen LogP contribution in [0.15, 0.2) is 102 Å². The van der Waals surface area contributed by atoms with Gasteiger partial charge >= 0.3 is 0 Å². The lowest BCUT2D eigenvalue weighted by atomic mass is 10.1. The second kappa shape index (κ2) is 11.6. The smallest absolute Gasteiger partial charge is 0.255 e. The van der Waals surface area contributed by atoms with Crippen LogP contribution < -0.4 is 14.8 Å². The molecule has 4 nitrogen and oxygen atoms in total. The molecule has 4 aromatic rings. The molecule has 0 aliphatic heterocycles. The van der Waals surface area contributed by atoms with Gasteiger partial charge in [-0.3, -0.25) is 4.79 Å². The number of carbonyl (C=O) groups is 1. The Kier molecular flexibility index (Phi) is 8.12. The fourth-order valence-corrected chi connectivity index (χ4v) is 4.26. The molecule has 1 amide bonds. The molecule has 4 rings (SSSR count). The van der Waals surface area contributed by atoms with Crippen molar-refractivity contribution in [1.29, 1.82) is 0 Å². The lowest BCUT2D eigenvalue weighted by Gasteiger charge is -2.13. The molecule has 34 heavy (non-hydrogen) atoms. The van der Waals surface area contributed by atoms with Gasteiger partial charge in [-0.15, -0.1) is 11.8 Å². The van der Waals surface area contributed by atoms with E-state index >= 15 is 0 Å². The second-order valence-corrected chi connectivity index (χ2v) is 8.88. The topological polar surface area (TPSA) is 47.6 Å². The highest BCUT2D eigenvalue weighted by atomic mass is 35.5. The van der Waals surface area contributed by atoms with Crippen molar-refractivity contribution in [3.63, 3.8) is 0 Å². The van der Waals surface area contributed by atoms with Crippen LogP contribution in [-0.2, 0) is 5.75 Å². The van der Waals surface area contributed by atoms with Gasteiger partial charge in [-0.05, 0) is 85.8 Å². The van der Waals surface area contributed by atoms with Crippen molar-refractivity contribution in [3.8, 4) is 17.2 Å². The van der Waals surface area contributed by atoms with Crippen molar-refractivity contribution in [1.82, 2.24) is 0 Å². The van der Waals surface area contributed by atoms with E-state index in [4.69, 9.17) is 21.1 Å². The van der Waals surface area contributed by atoms with Gasteiger partial charge in [0.1, 0.15) is 17.2 Å². The number of rotatable bonds is 9. The van der Waals surface area contributed by atoms with Gasteiger partial charge in [0.05, 0.1) is 6.61 Å². The molecule has 0 radical (unpaired) electrons. The fourth-order valence-electron chi connectivity index (χ4n) is 3.26. The third-order valence-corrected chi connectivity index (χ3v) is 6.23. The summed E-state index contributed by atoms with van der Waals surface area (Å²) in [6.07, 6.45) is 0. The number of amides is 1. The molecule has 0 aliphatic rings. The second-order valence-electron chi connectivity index (χ2n) is 7.39. The average molecular weight is 490 g/mol. The van der Waals surface area contributed by atoms with Gasteiger partial charge in [0.25, 0.3) is 5.91 Å². The Balaban J connectivity index is 1.43. The quantitative estimate of drug-likeness (QED) is 0.241. The molecule has 0 aliphatic carbocycles. The molecule has 1 N–H and O–H groups in total. The summed E-state index contributed by atoms with van der Waals surface area (Å²) in [5.74, 6) is 2.73. The number of hydrogen-bond acceptors (Lipinski definition) is 4. The first-order chi connectivity index (χ1) is 16.6. The molecule has 0 spiro atoms. The number of carbonyl (C=O) groups excluding carboxylic acids is 1. The minimum Gasteiger partial charge on any atom is -0.494 e. The monoisotopic (exact) mass is 489 g/mol. The maximum Gasteiger partial charge on any atom is 0.255 e. The lowest BCUT2D eigenvalue weighted by molar-refractivity contribution is 0.102. The van der Waals surface area contributed by atoms with Crippen LogP contribution in [0.1, 0.15) is 22.8 Å². The minimum absolute atomic E-state index is 0.183. The molecule has 0 fully saturated rings. The minimum atomic E-state index is -0.183. The summed E-state index contributed by atoms with van der Waals surface area (Å²) in [6, 6.07) is 30.1. The Labute approximate surface area is 208 Å². The molecule has 0 saturated carbocycles. The first-order valence-corrected chi connectivity index (χ1v) is 12.3. The van der Waals surface area contributed by atoms with Crippen LogP contribution in [0.3, 0.4) is 0 Å². The van der Waals surface area contributed by atoms with Gasteiger partial charge in [-0.1, -0.05) is 29.8 Å². The van der Waals surface area contributed by atoms with Crippen LogP contribution in [-0.4, -0.2) is 12.5 Å². The van der Waals surface area contributed by atoms with E-state index in [-0.39, 0.29) is 5.91 Å². The number of benzene rings is 4. The number of thioether (sulfide) groups is 1. The van der Waals surface area contributed by atoms with Crippen LogP contribution in [0.25, 0.3) is 0 Å². The van der Waals surface area contributed by atoms with Crippen LogP contribution in [0.5, 0.6) is 17.2 Å². The molecule has 6 heteroatoms. The van der Waals surface area contributed by atoms with E-state index < -0.39 is 0 Å². The van der Waals surface area contributed by atoms with Crippen LogP contribution in [0, 0.1) is 0 Å². The van der Waals surface area contributed by atoms with E-state index in [9.17, 15) is 4.79 Å². The number of halogens is 1. The normalized spacial score (nSPS) is 10.5. The Hall–Kier alpha value is -3.41. The highest BCUT2D eigenvalue weighted by molar-refractivity contribution is 7.98. The predicted octanol–water partition coefficient (Wildman–Crippen LogP) is 8.08. The number of para-hydroxylation sites is 1. The zero-order chi connectivity index (χ0) is 23.8. The zero-order valence-corrected chi connectivity index (χ0v) is 20.2. The number of anilines is 1. The summed E-state index contributed by atoms with van der Waals surface area (Å²) in [5.41, 5.74) is 2.22. The molecule has 4 aromatic carbocycles. The van der Waals surface area contributed by atoms with E-state index in [0.29, 0.717) is 34.4 Å². The Morgan fingerprint density at radius 3 is 2.29 bits per heavy atom. The first-order valence-electron chi connectivity index (χ1n) is 10.9. The average Bonchev–Trinajstić information content (AvgIpc) is 2.86. The third kappa shape index (κ3) is 6.56. The van der Waals surface area contributed by atoms with E-state index in [2.05, 4.69) is 5.32 Å². The molecule has 0 saturated heterocycles. The third-order valence-electron chi connectivity index (χ3n) is 4.92. The number of nitrogens with one attached hydrogen (secondary N) is 1. The fraction of sp³-hybridized carbons (Fsp3) is 0.107.